The van der Waals surface area contributed by atoms with E-state index in [1.807, 2.05) is 0 Å². The van der Waals surface area contributed by atoms with Crippen LogP contribution in [-0.4, -0.2) is 37.2 Å². The molecule has 0 aromatic carbocycles. The molecule has 6 nitrogen and oxygen atoms in total. The number of carbonyl (C=O) groups is 3. The molecular weight excluding hydrogens is 612 g/mol. The van der Waals surface area contributed by atoms with Gasteiger partial charge < -0.3 is 14.2 Å². The Labute approximate surface area is 304 Å². The van der Waals surface area contributed by atoms with E-state index in [4.69, 9.17) is 14.2 Å². The lowest BCUT2D eigenvalue weighted by molar-refractivity contribution is -0.167. The number of unbranched alkanes of at least 4 members (excludes halogenated alkanes) is 21. The van der Waals surface area contributed by atoms with E-state index < -0.39 is 6.10 Å². The molecule has 0 spiro atoms. The normalized spacial score (nSPS) is 12.6. The van der Waals surface area contributed by atoms with E-state index in [2.05, 4.69) is 34.6 Å². The third-order valence-electron chi connectivity index (χ3n) is 9.83. The fraction of sp³-hybridized carbons (Fsp3) is 0.930. The quantitative estimate of drug-likeness (QED) is 0.0366. The second kappa shape index (κ2) is 36.2. The Morgan fingerprint density at radius 1 is 0.429 bits per heavy atom. The zero-order valence-electron chi connectivity index (χ0n) is 33.3. The summed E-state index contributed by atoms with van der Waals surface area (Å²) in [5.74, 6) is 0.753. The summed E-state index contributed by atoms with van der Waals surface area (Å²) in [6.07, 6.45) is 32.3. The predicted molar refractivity (Wildman–Crippen MR) is 206 cm³/mol. The molecule has 0 aromatic heterocycles. The molecule has 0 bridgehead atoms. The third-order valence-corrected chi connectivity index (χ3v) is 9.83. The van der Waals surface area contributed by atoms with Crippen LogP contribution in [0.4, 0.5) is 0 Å². The molecule has 0 radical (unpaired) electrons. The topological polar surface area (TPSA) is 78.9 Å². The summed E-state index contributed by atoms with van der Waals surface area (Å²) < 4.78 is 16.6. The number of carbonyl (C=O) groups excluding carboxylic acids is 3. The molecular formula is C43H82O6. The van der Waals surface area contributed by atoms with E-state index in [0.717, 1.165) is 69.6 Å². The summed E-state index contributed by atoms with van der Waals surface area (Å²) >= 11 is 0. The Morgan fingerprint density at radius 2 is 0.776 bits per heavy atom. The first-order valence-electron chi connectivity index (χ1n) is 21.3. The van der Waals surface area contributed by atoms with Gasteiger partial charge in [-0.05, 0) is 31.1 Å². The smallest absolute Gasteiger partial charge is 0.306 e. The molecule has 0 fully saturated rings. The van der Waals surface area contributed by atoms with Crippen molar-refractivity contribution in [2.75, 3.05) is 13.2 Å². The summed E-state index contributed by atoms with van der Waals surface area (Å²) in [5.41, 5.74) is 0. The van der Waals surface area contributed by atoms with Crippen LogP contribution in [0, 0.1) is 11.8 Å². The lowest BCUT2D eigenvalue weighted by Crippen LogP contribution is -2.30. The van der Waals surface area contributed by atoms with Gasteiger partial charge in [0.1, 0.15) is 13.2 Å². The number of hydrogen-bond acceptors (Lipinski definition) is 6. The monoisotopic (exact) mass is 695 g/mol. The number of rotatable bonds is 37. The highest BCUT2D eigenvalue weighted by atomic mass is 16.6. The SMILES string of the molecule is CCCCCCCCCCCC(=O)OC[C@@H](COC(=O)CCCCCCCCC(C)CC)OC(=O)CCCCCCCCCCCC(C)C. The maximum atomic E-state index is 12.7. The van der Waals surface area contributed by atoms with Gasteiger partial charge in [-0.15, -0.1) is 0 Å². The Morgan fingerprint density at radius 3 is 1.16 bits per heavy atom. The zero-order chi connectivity index (χ0) is 36.2. The van der Waals surface area contributed by atoms with Crippen LogP contribution < -0.4 is 0 Å². The highest BCUT2D eigenvalue weighted by molar-refractivity contribution is 5.71. The summed E-state index contributed by atoms with van der Waals surface area (Å²) in [7, 11) is 0. The Balaban J connectivity index is 4.36. The fourth-order valence-corrected chi connectivity index (χ4v) is 6.19. The van der Waals surface area contributed by atoms with Crippen molar-refractivity contribution >= 4 is 17.9 Å². The first-order valence-corrected chi connectivity index (χ1v) is 21.3. The molecule has 0 saturated carbocycles. The maximum Gasteiger partial charge on any atom is 0.306 e. The van der Waals surface area contributed by atoms with Crippen molar-refractivity contribution < 1.29 is 28.6 Å². The van der Waals surface area contributed by atoms with Crippen molar-refractivity contribution in [1.82, 2.24) is 0 Å². The first kappa shape index (κ1) is 47.4. The lowest BCUT2D eigenvalue weighted by atomic mass is 10.00. The fourth-order valence-electron chi connectivity index (χ4n) is 6.19. The summed E-state index contributed by atoms with van der Waals surface area (Å²) in [6.45, 7) is 11.3. The van der Waals surface area contributed by atoms with Gasteiger partial charge in [-0.2, -0.15) is 0 Å². The minimum absolute atomic E-state index is 0.0664. The number of ether oxygens (including phenoxy) is 3. The largest absolute Gasteiger partial charge is 0.462 e. The van der Waals surface area contributed by atoms with Crippen LogP contribution in [0.5, 0.6) is 0 Å². The highest BCUT2D eigenvalue weighted by Crippen LogP contribution is 2.16. The van der Waals surface area contributed by atoms with E-state index in [1.165, 1.54) is 116 Å². The van der Waals surface area contributed by atoms with Crippen LogP contribution in [0.15, 0.2) is 0 Å². The maximum absolute atomic E-state index is 12.7. The average molecular weight is 695 g/mol. The molecule has 6 heteroatoms. The Kier molecular flexibility index (Phi) is 35.0. The Bertz CT molecular complexity index is 751. The van der Waals surface area contributed by atoms with E-state index >= 15 is 0 Å². The van der Waals surface area contributed by atoms with Gasteiger partial charge in [0, 0.05) is 19.3 Å². The van der Waals surface area contributed by atoms with Gasteiger partial charge >= 0.3 is 17.9 Å². The molecule has 0 rings (SSSR count). The first-order chi connectivity index (χ1) is 23.8. The van der Waals surface area contributed by atoms with Crippen LogP contribution >= 0.6 is 0 Å². The van der Waals surface area contributed by atoms with Gasteiger partial charge in [0.2, 0.25) is 0 Å². The summed E-state index contributed by atoms with van der Waals surface area (Å²) in [4.78, 5) is 37.5. The van der Waals surface area contributed by atoms with Crippen molar-refractivity contribution in [2.24, 2.45) is 11.8 Å². The summed E-state index contributed by atoms with van der Waals surface area (Å²) in [5, 5.41) is 0. The molecule has 290 valence electrons. The van der Waals surface area contributed by atoms with E-state index in [0.29, 0.717) is 19.3 Å². The molecule has 2 atom stereocenters. The van der Waals surface area contributed by atoms with Crippen molar-refractivity contribution in [3.05, 3.63) is 0 Å². The van der Waals surface area contributed by atoms with Crippen LogP contribution in [-0.2, 0) is 28.6 Å². The zero-order valence-corrected chi connectivity index (χ0v) is 33.3. The Hall–Kier alpha value is -1.59. The van der Waals surface area contributed by atoms with Gasteiger partial charge in [-0.1, -0.05) is 189 Å². The van der Waals surface area contributed by atoms with E-state index in [1.54, 1.807) is 0 Å². The second-order valence-corrected chi connectivity index (χ2v) is 15.3. The highest BCUT2D eigenvalue weighted by Gasteiger charge is 2.19. The van der Waals surface area contributed by atoms with Gasteiger partial charge in [0.25, 0.3) is 0 Å². The molecule has 0 amide bonds. The van der Waals surface area contributed by atoms with E-state index in [9.17, 15) is 14.4 Å². The van der Waals surface area contributed by atoms with Gasteiger partial charge in [0.15, 0.2) is 6.10 Å². The molecule has 0 aromatic rings. The molecule has 0 saturated heterocycles. The molecule has 0 heterocycles. The molecule has 49 heavy (non-hydrogen) atoms. The van der Waals surface area contributed by atoms with E-state index in [-0.39, 0.29) is 31.1 Å². The minimum atomic E-state index is -0.760. The van der Waals surface area contributed by atoms with Gasteiger partial charge in [-0.3, -0.25) is 14.4 Å². The second-order valence-electron chi connectivity index (χ2n) is 15.3. The van der Waals surface area contributed by atoms with Crippen molar-refractivity contribution in [1.29, 1.82) is 0 Å². The number of esters is 3. The van der Waals surface area contributed by atoms with Crippen molar-refractivity contribution in [3.8, 4) is 0 Å². The van der Waals surface area contributed by atoms with Crippen LogP contribution in [0.3, 0.4) is 0 Å². The standard InChI is InChI=1S/C43H82O6/c1-6-8-9-10-11-13-17-23-28-33-41(44)47-36-40(37-48-42(45)34-29-24-20-19-22-27-32-39(5)7-2)49-43(46)35-30-25-18-15-12-14-16-21-26-31-38(3)4/h38-40H,6-37H2,1-5H3/t39?,40-/m0/s1. The van der Waals surface area contributed by atoms with Gasteiger partial charge in [-0.25, -0.2) is 0 Å². The number of hydrogen-bond donors (Lipinski definition) is 0. The molecule has 0 aliphatic heterocycles. The third kappa shape index (κ3) is 36.0. The molecule has 1 unspecified atom stereocenters. The molecule has 0 aliphatic carbocycles. The van der Waals surface area contributed by atoms with Crippen LogP contribution in [0.25, 0.3) is 0 Å². The average Bonchev–Trinajstić information content (AvgIpc) is 3.08. The van der Waals surface area contributed by atoms with Crippen LogP contribution in [0.2, 0.25) is 0 Å². The van der Waals surface area contributed by atoms with Crippen molar-refractivity contribution in [2.45, 2.75) is 233 Å². The van der Waals surface area contributed by atoms with Crippen LogP contribution in [0.1, 0.15) is 227 Å². The van der Waals surface area contributed by atoms with Crippen molar-refractivity contribution in [3.63, 3.8) is 0 Å². The summed E-state index contributed by atoms with van der Waals surface area (Å²) in [6, 6.07) is 0. The van der Waals surface area contributed by atoms with Gasteiger partial charge in [0.05, 0.1) is 0 Å². The molecule has 0 aliphatic rings. The lowest BCUT2D eigenvalue weighted by Gasteiger charge is -2.18. The predicted octanol–water partition coefficient (Wildman–Crippen LogP) is 13.0. The molecule has 0 N–H and O–H groups in total. The minimum Gasteiger partial charge on any atom is -0.462 e.